The molecule has 3 N–H and O–H groups in total. The van der Waals surface area contributed by atoms with E-state index in [0.717, 1.165) is 5.56 Å². The molecule has 1 fully saturated rings. The number of nitrogens with zero attached hydrogens (tertiary/aromatic N) is 1. The topological polar surface area (TPSA) is 126 Å². The quantitative estimate of drug-likeness (QED) is 0.208. The highest BCUT2D eigenvalue weighted by Gasteiger charge is 2.34. The minimum atomic E-state index is -0.524. The second kappa shape index (κ2) is 12.6. The fourth-order valence-electron chi connectivity index (χ4n) is 2.87. The first-order valence-corrected chi connectivity index (χ1v) is 10.2. The van der Waals surface area contributed by atoms with Gasteiger partial charge in [0.25, 0.3) is 0 Å². The van der Waals surface area contributed by atoms with Crippen LogP contribution in [0.4, 0.5) is 0 Å². The number of rotatable bonds is 9. The molecule has 3 amide bonds. The van der Waals surface area contributed by atoms with Crippen LogP contribution in [0.25, 0.3) is 0 Å². The van der Waals surface area contributed by atoms with Gasteiger partial charge in [0.15, 0.2) is 5.11 Å². The molecule has 1 heterocycles. The minimum absolute atomic E-state index is 0.0998. The van der Waals surface area contributed by atoms with Crippen LogP contribution in [0.1, 0.15) is 24.8 Å². The van der Waals surface area contributed by atoms with Crippen LogP contribution >= 0.6 is 12.2 Å². The summed E-state index contributed by atoms with van der Waals surface area (Å²) >= 11 is 4.95. The molecule has 1 aliphatic heterocycles. The van der Waals surface area contributed by atoms with Crippen molar-refractivity contribution in [2.45, 2.75) is 25.8 Å². The lowest BCUT2D eigenvalue weighted by Gasteiger charge is -2.17. The third-order valence-electron chi connectivity index (χ3n) is 4.46. The lowest BCUT2D eigenvalue weighted by molar-refractivity contribution is -0.146. The summed E-state index contributed by atoms with van der Waals surface area (Å²) in [5.74, 6) is -2.05. The Balaban J connectivity index is 1.66. The van der Waals surface area contributed by atoms with Crippen molar-refractivity contribution in [3.8, 4) is 0 Å². The second-order valence-corrected chi connectivity index (χ2v) is 7.27. The van der Waals surface area contributed by atoms with Gasteiger partial charge in [0.05, 0.1) is 18.9 Å². The summed E-state index contributed by atoms with van der Waals surface area (Å²) in [5, 5.41) is 2.24. The Hall–Kier alpha value is -3.05. The van der Waals surface area contributed by atoms with Gasteiger partial charge in [0.1, 0.15) is 6.61 Å². The predicted molar refractivity (Wildman–Crippen MR) is 114 cm³/mol. The van der Waals surface area contributed by atoms with E-state index in [1.807, 2.05) is 30.3 Å². The highest BCUT2D eigenvalue weighted by atomic mass is 32.1. The molecule has 0 spiro atoms. The van der Waals surface area contributed by atoms with Gasteiger partial charge >= 0.3 is 5.97 Å². The summed E-state index contributed by atoms with van der Waals surface area (Å²) < 4.78 is 9.60. The summed E-state index contributed by atoms with van der Waals surface area (Å²) in [5.41, 5.74) is 5.83. The van der Waals surface area contributed by atoms with E-state index in [2.05, 4.69) is 16.2 Å². The van der Waals surface area contributed by atoms with Gasteiger partial charge in [-0.2, -0.15) is 0 Å². The Morgan fingerprint density at radius 3 is 2.58 bits per heavy atom. The molecule has 10 nitrogen and oxygen atoms in total. The molecule has 11 heteroatoms. The van der Waals surface area contributed by atoms with Crippen molar-refractivity contribution in [3.63, 3.8) is 0 Å². The van der Waals surface area contributed by atoms with E-state index in [1.54, 1.807) is 4.90 Å². The number of nitrogens with one attached hydrogen (secondary N) is 3. The third kappa shape index (κ3) is 8.69. The number of benzene rings is 1. The normalized spacial score (nSPS) is 15.3. The summed E-state index contributed by atoms with van der Waals surface area (Å²) in [6.45, 7) is 1.14. The van der Waals surface area contributed by atoms with Crippen LogP contribution in [0.5, 0.6) is 0 Å². The molecule has 168 valence electrons. The van der Waals surface area contributed by atoms with Crippen LogP contribution in [0, 0.1) is 5.92 Å². The van der Waals surface area contributed by atoms with Gasteiger partial charge in [-0.15, -0.1) is 0 Å². The molecule has 1 aromatic carbocycles. The SMILES string of the molecule is COCCOC(=O)CCC(=O)NC(=S)NNC(=O)C1CC(=O)N(Cc2ccccc2)C1. The van der Waals surface area contributed by atoms with E-state index in [0.29, 0.717) is 13.1 Å². The lowest BCUT2D eigenvalue weighted by atomic mass is 10.1. The summed E-state index contributed by atoms with van der Waals surface area (Å²) in [6.07, 6.45) is -0.121. The molecular weight excluding hydrogens is 424 g/mol. The lowest BCUT2D eigenvalue weighted by Crippen LogP contribution is -2.50. The van der Waals surface area contributed by atoms with Crippen molar-refractivity contribution in [3.05, 3.63) is 35.9 Å². The number of esters is 1. The second-order valence-electron chi connectivity index (χ2n) is 6.87. The Morgan fingerprint density at radius 2 is 1.87 bits per heavy atom. The molecule has 1 atom stereocenters. The van der Waals surface area contributed by atoms with E-state index in [-0.39, 0.29) is 43.5 Å². The van der Waals surface area contributed by atoms with E-state index in [4.69, 9.17) is 21.7 Å². The number of hydrogen-bond donors (Lipinski definition) is 3. The molecule has 2 rings (SSSR count). The monoisotopic (exact) mass is 450 g/mol. The average molecular weight is 451 g/mol. The Kier molecular flexibility index (Phi) is 9.85. The molecule has 0 radical (unpaired) electrons. The van der Waals surface area contributed by atoms with Crippen LogP contribution < -0.4 is 16.2 Å². The zero-order valence-corrected chi connectivity index (χ0v) is 18.0. The Labute approximate surface area is 185 Å². The third-order valence-corrected chi connectivity index (χ3v) is 4.66. The summed E-state index contributed by atoms with van der Waals surface area (Å²) in [6, 6.07) is 9.52. The standard InChI is InChI=1S/C20H26N4O6S/c1-29-9-10-30-18(27)8-7-16(25)21-20(31)23-22-19(28)15-11-17(26)24(13-15)12-14-5-3-2-4-6-14/h2-6,15H,7-13H2,1H3,(H,22,28)(H2,21,23,25,31). The first-order valence-electron chi connectivity index (χ1n) is 9.75. The smallest absolute Gasteiger partial charge is 0.306 e. The van der Waals surface area contributed by atoms with Crippen molar-refractivity contribution in [1.82, 2.24) is 21.1 Å². The number of likely N-dealkylation sites (tertiary alicyclic amines) is 1. The van der Waals surface area contributed by atoms with Crippen molar-refractivity contribution in [2.24, 2.45) is 5.92 Å². The van der Waals surface area contributed by atoms with Crippen molar-refractivity contribution in [2.75, 3.05) is 26.9 Å². The van der Waals surface area contributed by atoms with Crippen molar-refractivity contribution < 1.29 is 28.7 Å². The number of amides is 3. The Bertz CT molecular complexity index is 804. The van der Waals surface area contributed by atoms with Crippen LogP contribution in [-0.4, -0.2) is 60.6 Å². The van der Waals surface area contributed by atoms with Crippen LogP contribution in [0.15, 0.2) is 30.3 Å². The zero-order chi connectivity index (χ0) is 22.6. The molecule has 31 heavy (non-hydrogen) atoms. The van der Waals surface area contributed by atoms with Crippen molar-refractivity contribution in [1.29, 1.82) is 0 Å². The van der Waals surface area contributed by atoms with Gasteiger partial charge < -0.3 is 19.7 Å². The van der Waals surface area contributed by atoms with Crippen LogP contribution in [-0.2, 0) is 35.2 Å². The number of carbonyl (C=O) groups is 4. The molecule has 0 aliphatic carbocycles. The highest BCUT2D eigenvalue weighted by Crippen LogP contribution is 2.20. The average Bonchev–Trinajstić information content (AvgIpc) is 3.12. The number of thiocarbonyl (C=S) groups is 1. The van der Waals surface area contributed by atoms with Gasteiger partial charge in [-0.25, -0.2) is 0 Å². The van der Waals surface area contributed by atoms with E-state index in [1.165, 1.54) is 7.11 Å². The highest BCUT2D eigenvalue weighted by molar-refractivity contribution is 7.80. The number of methoxy groups -OCH3 is 1. The van der Waals surface area contributed by atoms with E-state index >= 15 is 0 Å². The van der Waals surface area contributed by atoms with Gasteiger partial charge in [-0.3, -0.25) is 30.0 Å². The van der Waals surface area contributed by atoms with Crippen LogP contribution in [0.2, 0.25) is 0 Å². The van der Waals surface area contributed by atoms with Gasteiger partial charge in [0, 0.05) is 33.0 Å². The first kappa shape index (κ1) is 24.2. The molecule has 1 unspecified atom stereocenters. The summed E-state index contributed by atoms with van der Waals surface area (Å²) in [7, 11) is 1.49. The van der Waals surface area contributed by atoms with E-state index < -0.39 is 23.7 Å². The maximum Gasteiger partial charge on any atom is 0.306 e. The van der Waals surface area contributed by atoms with Crippen LogP contribution in [0.3, 0.4) is 0 Å². The molecule has 0 saturated carbocycles. The number of hydrazine groups is 1. The fraction of sp³-hybridized carbons (Fsp3) is 0.450. The maximum absolute atomic E-state index is 12.3. The predicted octanol–water partition coefficient (Wildman–Crippen LogP) is 0.0268. The zero-order valence-electron chi connectivity index (χ0n) is 17.2. The fourth-order valence-corrected chi connectivity index (χ4v) is 3.04. The van der Waals surface area contributed by atoms with Gasteiger partial charge in [-0.05, 0) is 17.8 Å². The molecule has 0 bridgehead atoms. The minimum Gasteiger partial charge on any atom is -0.463 e. The number of carbonyl (C=O) groups excluding carboxylic acids is 4. The number of hydrogen-bond acceptors (Lipinski definition) is 7. The number of ether oxygens (including phenoxy) is 2. The maximum atomic E-state index is 12.3. The molecule has 1 aliphatic rings. The summed E-state index contributed by atoms with van der Waals surface area (Å²) in [4.78, 5) is 49.4. The molecular formula is C20H26N4O6S. The molecule has 1 aromatic rings. The molecule has 0 aromatic heterocycles. The first-order chi connectivity index (χ1) is 14.9. The Morgan fingerprint density at radius 1 is 1.13 bits per heavy atom. The largest absolute Gasteiger partial charge is 0.463 e. The van der Waals surface area contributed by atoms with Gasteiger partial charge in [0.2, 0.25) is 17.7 Å². The molecule has 1 saturated heterocycles. The van der Waals surface area contributed by atoms with Crippen molar-refractivity contribution >= 4 is 41.0 Å². The van der Waals surface area contributed by atoms with E-state index in [9.17, 15) is 19.2 Å². The van der Waals surface area contributed by atoms with Gasteiger partial charge in [-0.1, -0.05) is 30.3 Å².